The highest BCUT2D eigenvalue weighted by molar-refractivity contribution is 5.92. The minimum Gasteiger partial charge on any atom is -0.484 e. The lowest BCUT2D eigenvalue weighted by molar-refractivity contribution is -0.137. The third-order valence-corrected chi connectivity index (χ3v) is 3.96. The number of rotatable bonds is 9. The van der Waals surface area contributed by atoms with Gasteiger partial charge in [0.05, 0.1) is 6.42 Å². The number of carboxylic acid groups (broad SMARTS) is 1. The van der Waals surface area contributed by atoms with Crippen LogP contribution in [0.5, 0.6) is 5.75 Å². The van der Waals surface area contributed by atoms with Crippen molar-refractivity contribution in [2.24, 2.45) is 0 Å². The molecule has 0 fully saturated rings. The molecule has 0 saturated heterocycles. The van der Waals surface area contributed by atoms with Crippen molar-refractivity contribution in [3.8, 4) is 5.75 Å². The van der Waals surface area contributed by atoms with E-state index in [1.54, 1.807) is 24.3 Å². The number of carboxylic acids is 1. The number of hydrogen-bond acceptors (Lipinski definition) is 4. The Hall–Kier alpha value is -3.35. The standard InChI is InChI=1S/C21H24N2O5/c1-14(2)16-5-9-18(10-6-16)28-13-20(25)23-17-7-3-15(4-8-17)11-19(24)22-12-21(26)27/h3-10,14H,11-13H2,1-2H3,(H,22,24)(H,23,25)(H,26,27). The number of ether oxygens (including phenoxy) is 1. The molecule has 2 aromatic carbocycles. The molecule has 3 N–H and O–H groups in total. The van der Waals surface area contributed by atoms with Crippen molar-refractivity contribution in [1.82, 2.24) is 5.32 Å². The van der Waals surface area contributed by atoms with E-state index in [2.05, 4.69) is 24.5 Å². The van der Waals surface area contributed by atoms with Gasteiger partial charge in [0.25, 0.3) is 5.91 Å². The maximum absolute atomic E-state index is 12.0. The summed E-state index contributed by atoms with van der Waals surface area (Å²) in [7, 11) is 0. The molecule has 0 spiro atoms. The van der Waals surface area contributed by atoms with E-state index in [4.69, 9.17) is 9.84 Å². The molecule has 0 radical (unpaired) electrons. The first-order valence-corrected chi connectivity index (χ1v) is 8.93. The molecule has 2 aromatic rings. The Labute approximate surface area is 163 Å². The largest absolute Gasteiger partial charge is 0.484 e. The van der Waals surface area contributed by atoms with Crippen LogP contribution < -0.4 is 15.4 Å². The molecule has 0 aliphatic heterocycles. The minimum absolute atomic E-state index is 0.0665. The predicted octanol–water partition coefficient (Wildman–Crippen LogP) is 2.57. The summed E-state index contributed by atoms with van der Waals surface area (Å²) < 4.78 is 5.48. The Kier molecular flexibility index (Phi) is 7.56. The van der Waals surface area contributed by atoms with Crippen LogP contribution in [0, 0.1) is 0 Å². The van der Waals surface area contributed by atoms with Crippen molar-refractivity contribution in [1.29, 1.82) is 0 Å². The zero-order valence-corrected chi connectivity index (χ0v) is 15.9. The van der Waals surface area contributed by atoms with Gasteiger partial charge < -0.3 is 20.5 Å². The van der Waals surface area contributed by atoms with Gasteiger partial charge in [-0.1, -0.05) is 38.1 Å². The average Bonchev–Trinajstić information content (AvgIpc) is 2.66. The first-order valence-electron chi connectivity index (χ1n) is 8.93. The molecule has 0 saturated carbocycles. The lowest BCUT2D eigenvalue weighted by Crippen LogP contribution is -2.30. The Morgan fingerprint density at radius 2 is 1.61 bits per heavy atom. The molecule has 7 heteroatoms. The van der Waals surface area contributed by atoms with Gasteiger partial charge in [0.1, 0.15) is 12.3 Å². The first-order chi connectivity index (χ1) is 13.3. The van der Waals surface area contributed by atoms with Crippen molar-refractivity contribution in [3.05, 3.63) is 59.7 Å². The molecule has 0 aliphatic carbocycles. The zero-order chi connectivity index (χ0) is 20.5. The molecule has 0 bridgehead atoms. The van der Waals surface area contributed by atoms with Crippen LogP contribution in [0.4, 0.5) is 5.69 Å². The van der Waals surface area contributed by atoms with Crippen molar-refractivity contribution in [2.45, 2.75) is 26.2 Å². The molecule has 0 unspecified atom stereocenters. The summed E-state index contributed by atoms with van der Waals surface area (Å²) in [5.74, 6) is -0.703. The fourth-order valence-electron chi connectivity index (χ4n) is 2.42. The fourth-order valence-corrected chi connectivity index (χ4v) is 2.42. The Morgan fingerprint density at radius 3 is 2.18 bits per heavy atom. The topological polar surface area (TPSA) is 105 Å². The highest BCUT2D eigenvalue weighted by atomic mass is 16.5. The summed E-state index contributed by atoms with van der Waals surface area (Å²) in [4.78, 5) is 34.0. The number of aliphatic carboxylic acids is 1. The van der Waals surface area contributed by atoms with Gasteiger partial charge in [-0.3, -0.25) is 14.4 Å². The van der Waals surface area contributed by atoms with E-state index in [-0.39, 0.29) is 24.8 Å². The smallest absolute Gasteiger partial charge is 0.322 e. The third-order valence-electron chi connectivity index (χ3n) is 3.96. The number of benzene rings is 2. The summed E-state index contributed by atoms with van der Waals surface area (Å²) in [5, 5.41) is 13.5. The molecule has 0 atom stereocenters. The SMILES string of the molecule is CC(C)c1ccc(OCC(=O)Nc2ccc(CC(=O)NCC(=O)O)cc2)cc1. The quantitative estimate of drug-likeness (QED) is 0.616. The van der Waals surface area contributed by atoms with E-state index in [0.717, 1.165) is 0 Å². The van der Waals surface area contributed by atoms with Crippen molar-refractivity contribution < 1.29 is 24.2 Å². The first kappa shape index (κ1) is 21.0. The second kappa shape index (κ2) is 10.1. The van der Waals surface area contributed by atoms with E-state index >= 15 is 0 Å². The van der Waals surface area contributed by atoms with Gasteiger partial charge in [-0.2, -0.15) is 0 Å². The molecule has 0 aliphatic rings. The second-order valence-corrected chi connectivity index (χ2v) is 6.60. The zero-order valence-electron chi connectivity index (χ0n) is 15.9. The Balaban J connectivity index is 1.78. The highest BCUT2D eigenvalue weighted by Gasteiger charge is 2.07. The fraction of sp³-hybridized carbons (Fsp3) is 0.286. The van der Waals surface area contributed by atoms with Crippen LogP contribution in [0.3, 0.4) is 0 Å². The number of amides is 2. The Bertz CT molecular complexity index is 814. The molecular formula is C21H24N2O5. The number of anilines is 1. The number of hydrogen-bond donors (Lipinski definition) is 3. The van der Waals surface area contributed by atoms with Gasteiger partial charge in [-0.15, -0.1) is 0 Å². The van der Waals surface area contributed by atoms with E-state index in [1.807, 2.05) is 24.3 Å². The van der Waals surface area contributed by atoms with Gasteiger partial charge in [0.2, 0.25) is 5.91 Å². The lowest BCUT2D eigenvalue weighted by Gasteiger charge is -2.10. The summed E-state index contributed by atoms with van der Waals surface area (Å²) in [6.07, 6.45) is 0.0665. The van der Waals surface area contributed by atoms with Crippen molar-refractivity contribution >= 4 is 23.5 Å². The molecule has 2 amide bonds. The summed E-state index contributed by atoms with van der Waals surface area (Å²) >= 11 is 0. The molecular weight excluding hydrogens is 360 g/mol. The van der Waals surface area contributed by atoms with Gasteiger partial charge in [0.15, 0.2) is 6.61 Å². The van der Waals surface area contributed by atoms with Crippen LogP contribution in [0.2, 0.25) is 0 Å². The van der Waals surface area contributed by atoms with Gasteiger partial charge in [0, 0.05) is 5.69 Å². The summed E-state index contributed by atoms with van der Waals surface area (Å²) in [6, 6.07) is 14.4. The number of carbonyl (C=O) groups is 3. The van der Waals surface area contributed by atoms with E-state index in [9.17, 15) is 14.4 Å². The highest BCUT2D eigenvalue weighted by Crippen LogP contribution is 2.18. The van der Waals surface area contributed by atoms with Gasteiger partial charge >= 0.3 is 5.97 Å². The minimum atomic E-state index is -1.09. The van der Waals surface area contributed by atoms with Crippen LogP contribution in [0.1, 0.15) is 30.9 Å². The molecule has 0 aromatic heterocycles. The van der Waals surface area contributed by atoms with E-state index in [0.29, 0.717) is 22.9 Å². The van der Waals surface area contributed by atoms with Crippen LogP contribution in [-0.2, 0) is 20.8 Å². The Morgan fingerprint density at radius 1 is 0.964 bits per heavy atom. The molecule has 148 valence electrons. The number of nitrogens with one attached hydrogen (secondary N) is 2. The van der Waals surface area contributed by atoms with Crippen LogP contribution in [0.15, 0.2) is 48.5 Å². The normalized spacial score (nSPS) is 10.4. The van der Waals surface area contributed by atoms with Crippen LogP contribution >= 0.6 is 0 Å². The number of carbonyl (C=O) groups excluding carboxylic acids is 2. The molecule has 28 heavy (non-hydrogen) atoms. The summed E-state index contributed by atoms with van der Waals surface area (Å²) in [5.41, 5.74) is 2.49. The van der Waals surface area contributed by atoms with Gasteiger partial charge in [-0.25, -0.2) is 0 Å². The lowest BCUT2D eigenvalue weighted by atomic mass is 10.0. The maximum atomic E-state index is 12.0. The van der Waals surface area contributed by atoms with E-state index < -0.39 is 12.5 Å². The average molecular weight is 384 g/mol. The predicted molar refractivity (Wildman–Crippen MR) is 105 cm³/mol. The molecule has 2 rings (SSSR count). The third kappa shape index (κ3) is 7.11. The van der Waals surface area contributed by atoms with Gasteiger partial charge in [-0.05, 0) is 41.3 Å². The van der Waals surface area contributed by atoms with Crippen LogP contribution in [0.25, 0.3) is 0 Å². The summed E-state index contributed by atoms with van der Waals surface area (Å²) in [6.45, 7) is 3.70. The van der Waals surface area contributed by atoms with Crippen LogP contribution in [-0.4, -0.2) is 36.0 Å². The molecule has 7 nitrogen and oxygen atoms in total. The molecule has 0 heterocycles. The second-order valence-electron chi connectivity index (χ2n) is 6.60. The van der Waals surface area contributed by atoms with Crippen molar-refractivity contribution in [3.63, 3.8) is 0 Å². The monoisotopic (exact) mass is 384 g/mol. The maximum Gasteiger partial charge on any atom is 0.322 e. The van der Waals surface area contributed by atoms with Crippen molar-refractivity contribution in [2.75, 3.05) is 18.5 Å². The van der Waals surface area contributed by atoms with E-state index in [1.165, 1.54) is 5.56 Å².